The number of rotatable bonds is 3. The van der Waals surface area contributed by atoms with Crippen molar-refractivity contribution >= 4 is 23.2 Å². The number of piperidine rings is 1. The van der Waals surface area contributed by atoms with Gasteiger partial charge in [-0.25, -0.2) is 0 Å². The summed E-state index contributed by atoms with van der Waals surface area (Å²) in [5.74, 6) is -0.363. The average molecular weight is 298 g/mol. The maximum atomic E-state index is 12.2. The highest BCUT2D eigenvalue weighted by Gasteiger charge is 2.22. The molecule has 0 radical (unpaired) electrons. The topological polar surface area (TPSA) is 84.3 Å². The molecule has 1 saturated heterocycles. The fourth-order valence-corrected chi connectivity index (χ4v) is 2.53. The Kier molecular flexibility index (Phi) is 4.57. The molecule has 108 valence electrons. The first-order chi connectivity index (χ1) is 9.47. The Morgan fingerprint density at radius 3 is 2.95 bits per heavy atom. The van der Waals surface area contributed by atoms with E-state index in [1.54, 1.807) is 0 Å². The molecule has 0 aliphatic carbocycles. The molecule has 0 spiro atoms. The number of nitrogens with zero attached hydrogens (tertiary/aromatic N) is 1. The van der Waals surface area contributed by atoms with Gasteiger partial charge in [0.2, 0.25) is 0 Å². The normalized spacial score (nSPS) is 22.3. The highest BCUT2D eigenvalue weighted by molar-refractivity contribution is 6.33. The van der Waals surface area contributed by atoms with E-state index in [9.17, 15) is 14.9 Å². The van der Waals surface area contributed by atoms with Gasteiger partial charge in [-0.05, 0) is 32.4 Å². The summed E-state index contributed by atoms with van der Waals surface area (Å²) in [4.78, 5) is 22.4. The minimum absolute atomic E-state index is 0.0640. The van der Waals surface area contributed by atoms with Crippen molar-refractivity contribution in [3.8, 4) is 0 Å². The molecule has 1 aliphatic heterocycles. The Hall–Kier alpha value is -1.66. The summed E-state index contributed by atoms with van der Waals surface area (Å²) in [6.45, 7) is 2.90. The van der Waals surface area contributed by atoms with Crippen molar-refractivity contribution in [3.05, 3.63) is 38.9 Å². The number of amides is 1. The van der Waals surface area contributed by atoms with Gasteiger partial charge in [0.1, 0.15) is 0 Å². The van der Waals surface area contributed by atoms with Gasteiger partial charge in [-0.1, -0.05) is 11.6 Å². The van der Waals surface area contributed by atoms with E-state index < -0.39 is 4.92 Å². The lowest BCUT2D eigenvalue weighted by Crippen LogP contribution is -2.46. The fraction of sp³-hybridized carbons (Fsp3) is 0.462. The van der Waals surface area contributed by atoms with Gasteiger partial charge in [0.25, 0.3) is 11.6 Å². The Labute approximate surface area is 121 Å². The van der Waals surface area contributed by atoms with Crippen molar-refractivity contribution in [3.63, 3.8) is 0 Å². The summed E-state index contributed by atoms with van der Waals surface area (Å²) >= 11 is 5.95. The predicted molar refractivity (Wildman–Crippen MR) is 76.1 cm³/mol. The quantitative estimate of drug-likeness (QED) is 0.661. The maximum absolute atomic E-state index is 12.2. The Morgan fingerprint density at radius 2 is 2.30 bits per heavy atom. The van der Waals surface area contributed by atoms with E-state index >= 15 is 0 Å². The highest BCUT2D eigenvalue weighted by atomic mass is 35.5. The van der Waals surface area contributed by atoms with Gasteiger partial charge in [-0.15, -0.1) is 0 Å². The van der Waals surface area contributed by atoms with Crippen LogP contribution in [0.1, 0.15) is 30.1 Å². The zero-order valence-corrected chi connectivity index (χ0v) is 11.8. The van der Waals surface area contributed by atoms with Crippen LogP contribution in [0.4, 0.5) is 5.69 Å². The molecule has 7 heteroatoms. The molecule has 1 fully saturated rings. The second-order valence-corrected chi connectivity index (χ2v) is 5.38. The van der Waals surface area contributed by atoms with Gasteiger partial charge < -0.3 is 10.6 Å². The Balaban J connectivity index is 2.12. The SMILES string of the molecule is CC1CC(NC(=O)c2cc([N+](=O)[O-])ccc2Cl)CCN1. The maximum Gasteiger partial charge on any atom is 0.270 e. The van der Waals surface area contributed by atoms with Gasteiger partial charge in [0.15, 0.2) is 0 Å². The molecule has 2 atom stereocenters. The van der Waals surface area contributed by atoms with Crippen molar-refractivity contribution < 1.29 is 9.72 Å². The molecule has 6 nitrogen and oxygen atoms in total. The number of benzene rings is 1. The van der Waals surface area contributed by atoms with Gasteiger partial charge in [-0.3, -0.25) is 14.9 Å². The van der Waals surface area contributed by atoms with Crippen molar-refractivity contribution in [2.45, 2.75) is 31.8 Å². The number of nitro groups is 1. The Morgan fingerprint density at radius 1 is 1.55 bits per heavy atom. The zero-order valence-electron chi connectivity index (χ0n) is 11.1. The molecule has 1 aromatic rings. The summed E-state index contributed by atoms with van der Waals surface area (Å²) in [7, 11) is 0. The lowest BCUT2D eigenvalue weighted by molar-refractivity contribution is -0.384. The average Bonchev–Trinajstić information content (AvgIpc) is 2.38. The smallest absolute Gasteiger partial charge is 0.270 e. The largest absolute Gasteiger partial charge is 0.349 e. The minimum Gasteiger partial charge on any atom is -0.349 e. The molecule has 1 aliphatic rings. The summed E-state index contributed by atoms with van der Waals surface area (Å²) in [5, 5.41) is 17.1. The first-order valence-corrected chi connectivity index (χ1v) is 6.83. The third kappa shape index (κ3) is 3.46. The lowest BCUT2D eigenvalue weighted by atomic mass is 10.00. The van der Waals surface area contributed by atoms with Crippen LogP contribution >= 0.6 is 11.6 Å². The highest BCUT2D eigenvalue weighted by Crippen LogP contribution is 2.22. The van der Waals surface area contributed by atoms with Crippen LogP contribution < -0.4 is 10.6 Å². The zero-order chi connectivity index (χ0) is 14.7. The van der Waals surface area contributed by atoms with E-state index in [1.807, 2.05) is 0 Å². The number of hydrogen-bond donors (Lipinski definition) is 2. The fourth-order valence-electron chi connectivity index (χ4n) is 2.33. The number of nitrogens with one attached hydrogen (secondary N) is 2. The molecule has 1 aromatic carbocycles. The van der Waals surface area contributed by atoms with E-state index in [4.69, 9.17) is 11.6 Å². The monoisotopic (exact) mass is 297 g/mol. The molecular weight excluding hydrogens is 282 g/mol. The molecule has 0 saturated carbocycles. The summed E-state index contributed by atoms with van der Waals surface area (Å²) in [6.07, 6.45) is 1.67. The van der Waals surface area contributed by atoms with Crippen LogP contribution in [0.15, 0.2) is 18.2 Å². The first-order valence-electron chi connectivity index (χ1n) is 6.45. The van der Waals surface area contributed by atoms with Gasteiger partial charge in [0, 0.05) is 24.2 Å². The van der Waals surface area contributed by atoms with E-state index in [2.05, 4.69) is 17.6 Å². The molecule has 0 aromatic heterocycles. The van der Waals surface area contributed by atoms with E-state index in [0.717, 1.165) is 19.4 Å². The number of non-ortho nitro benzene ring substituents is 1. The molecular formula is C13H16ClN3O3. The number of carbonyl (C=O) groups is 1. The first kappa shape index (κ1) is 14.7. The third-order valence-corrected chi connectivity index (χ3v) is 3.69. The van der Waals surface area contributed by atoms with Crippen molar-refractivity contribution in [1.82, 2.24) is 10.6 Å². The van der Waals surface area contributed by atoms with E-state index in [1.165, 1.54) is 18.2 Å². The van der Waals surface area contributed by atoms with Crippen molar-refractivity contribution in [1.29, 1.82) is 0 Å². The molecule has 20 heavy (non-hydrogen) atoms. The number of nitro benzene ring substituents is 1. The van der Waals surface area contributed by atoms with Gasteiger partial charge >= 0.3 is 0 Å². The number of hydrogen-bond acceptors (Lipinski definition) is 4. The number of halogens is 1. The Bertz CT molecular complexity index is 536. The van der Waals surface area contributed by atoms with Gasteiger partial charge in [0.05, 0.1) is 15.5 Å². The molecule has 1 amide bonds. The molecule has 2 rings (SSSR count). The van der Waals surface area contributed by atoms with E-state index in [-0.39, 0.29) is 28.2 Å². The predicted octanol–water partition coefficient (Wildman–Crippen LogP) is 2.12. The van der Waals surface area contributed by atoms with Crippen LogP contribution in [0.25, 0.3) is 0 Å². The molecule has 2 N–H and O–H groups in total. The van der Waals surface area contributed by atoms with Gasteiger partial charge in [-0.2, -0.15) is 0 Å². The van der Waals surface area contributed by atoms with Crippen LogP contribution in [0.2, 0.25) is 5.02 Å². The summed E-state index contributed by atoms with van der Waals surface area (Å²) in [5.41, 5.74) is 0.00489. The second-order valence-electron chi connectivity index (χ2n) is 4.97. The summed E-state index contributed by atoms with van der Waals surface area (Å²) in [6, 6.07) is 4.27. The van der Waals surface area contributed by atoms with Crippen LogP contribution in [0.5, 0.6) is 0 Å². The molecule has 1 heterocycles. The van der Waals surface area contributed by atoms with Crippen LogP contribution in [0.3, 0.4) is 0 Å². The van der Waals surface area contributed by atoms with Crippen LogP contribution in [-0.4, -0.2) is 29.5 Å². The molecule has 0 bridgehead atoms. The second kappa shape index (κ2) is 6.19. The standard InChI is InChI=1S/C13H16ClN3O3/c1-8-6-9(4-5-15-8)16-13(18)11-7-10(17(19)20)2-3-12(11)14/h2-3,7-9,15H,4-6H2,1H3,(H,16,18). The lowest BCUT2D eigenvalue weighted by Gasteiger charge is -2.28. The van der Waals surface area contributed by atoms with Crippen molar-refractivity contribution in [2.24, 2.45) is 0 Å². The summed E-state index contributed by atoms with van der Waals surface area (Å²) < 4.78 is 0. The number of carbonyl (C=O) groups excluding carboxylic acids is 1. The third-order valence-electron chi connectivity index (χ3n) is 3.36. The minimum atomic E-state index is -0.542. The van der Waals surface area contributed by atoms with E-state index in [0.29, 0.717) is 6.04 Å². The van der Waals surface area contributed by atoms with Crippen LogP contribution in [0, 0.1) is 10.1 Å². The van der Waals surface area contributed by atoms with Crippen LogP contribution in [-0.2, 0) is 0 Å². The molecule has 2 unspecified atom stereocenters. The van der Waals surface area contributed by atoms with Crippen molar-refractivity contribution in [2.75, 3.05) is 6.54 Å².